The lowest BCUT2D eigenvalue weighted by atomic mass is 10.2. The zero-order chi connectivity index (χ0) is 14.5. The van der Waals surface area contributed by atoms with Crippen molar-refractivity contribution in [1.82, 2.24) is 0 Å². The lowest BCUT2D eigenvalue weighted by molar-refractivity contribution is -0.151. The number of amides is 2. The second-order valence-corrected chi connectivity index (χ2v) is 5.94. The summed E-state index contributed by atoms with van der Waals surface area (Å²) in [6.45, 7) is 5.48. The second-order valence-electron chi connectivity index (χ2n) is 4.89. The van der Waals surface area contributed by atoms with Crippen LogP contribution < -0.4 is 11.1 Å². The van der Waals surface area contributed by atoms with E-state index in [4.69, 9.17) is 10.5 Å². The Hall–Kier alpha value is -1.69. The van der Waals surface area contributed by atoms with E-state index >= 15 is 0 Å². The molecule has 0 aliphatic carbocycles. The first-order valence-electron chi connectivity index (χ1n) is 5.77. The van der Waals surface area contributed by atoms with E-state index in [1.54, 1.807) is 18.2 Å². The van der Waals surface area contributed by atoms with Gasteiger partial charge in [-0.1, -0.05) is 6.07 Å². The molecule has 0 aliphatic rings. The molecule has 0 radical (unpaired) electrons. The first-order valence-corrected chi connectivity index (χ1v) is 6.76. The van der Waals surface area contributed by atoms with Gasteiger partial charge in [0.15, 0.2) is 0 Å². The van der Waals surface area contributed by atoms with E-state index in [0.29, 0.717) is 5.69 Å². The predicted octanol–water partition coefficient (Wildman–Crippen LogP) is 2.61. The van der Waals surface area contributed by atoms with Gasteiger partial charge in [-0.3, -0.25) is 4.79 Å². The van der Waals surface area contributed by atoms with Crippen molar-refractivity contribution in [3.05, 3.63) is 24.3 Å². The number of hydrogen-bond donors (Lipinski definition) is 2. The van der Waals surface area contributed by atoms with Crippen molar-refractivity contribution in [2.45, 2.75) is 31.3 Å². The average Bonchev–Trinajstić information content (AvgIpc) is 2.23. The molecule has 0 unspecified atom stereocenters. The number of ether oxygens (including phenoxy) is 1. The minimum atomic E-state index is -0.616. The first-order chi connectivity index (χ1) is 8.76. The van der Waals surface area contributed by atoms with E-state index in [-0.39, 0.29) is 11.7 Å². The maximum atomic E-state index is 11.6. The van der Waals surface area contributed by atoms with Crippen LogP contribution in [0.3, 0.4) is 0 Å². The topological polar surface area (TPSA) is 81.4 Å². The van der Waals surface area contributed by atoms with E-state index in [1.807, 2.05) is 26.8 Å². The standard InChI is InChI=1S/C13H18N2O3S/c1-13(2,3)18-11(16)8-19-10-6-4-5-9(7-10)15-12(14)17/h4-7H,8H2,1-3H3,(H3,14,15,17). The molecule has 19 heavy (non-hydrogen) atoms. The van der Waals surface area contributed by atoms with Crippen molar-refractivity contribution in [3.63, 3.8) is 0 Å². The Bertz CT molecular complexity index is 469. The highest BCUT2D eigenvalue weighted by Gasteiger charge is 2.16. The van der Waals surface area contributed by atoms with E-state index in [9.17, 15) is 9.59 Å². The van der Waals surface area contributed by atoms with Gasteiger partial charge in [0.05, 0.1) is 5.75 Å². The number of esters is 1. The largest absolute Gasteiger partial charge is 0.459 e. The van der Waals surface area contributed by atoms with Crippen LogP contribution in [0.1, 0.15) is 20.8 Å². The summed E-state index contributed by atoms with van der Waals surface area (Å²) in [6.07, 6.45) is 0. The van der Waals surface area contributed by atoms with Crippen LogP contribution in [0.15, 0.2) is 29.2 Å². The average molecular weight is 282 g/mol. The predicted molar refractivity (Wildman–Crippen MR) is 76.2 cm³/mol. The zero-order valence-corrected chi connectivity index (χ0v) is 12.0. The molecule has 0 aliphatic heterocycles. The molecule has 5 nitrogen and oxygen atoms in total. The maximum absolute atomic E-state index is 11.6. The number of primary amides is 1. The SMILES string of the molecule is CC(C)(C)OC(=O)CSc1cccc(NC(N)=O)c1. The van der Waals surface area contributed by atoms with E-state index < -0.39 is 11.6 Å². The molecular formula is C13H18N2O3S. The van der Waals surface area contributed by atoms with Crippen molar-refractivity contribution in [1.29, 1.82) is 0 Å². The first kappa shape index (κ1) is 15.4. The summed E-state index contributed by atoms with van der Waals surface area (Å²) in [5, 5.41) is 2.48. The third-order valence-electron chi connectivity index (χ3n) is 1.88. The van der Waals surface area contributed by atoms with Gasteiger partial charge in [0, 0.05) is 10.6 Å². The lowest BCUT2D eigenvalue weighted by Crippen LogP contribution is -2.24. The summed E-state index contributed by atoms with van der Waals surface area (Å²) in [6, 6.07) is 6.49. The molecule has 0 spiro atoms. The number of thioether (sulfide) groups is 1. The van der Waals surface area contributed by atoms with Crippen LogP contribution >= 0.6 is 11.8 Å². The molecule has 0 atom stereocenters. The molecule has 3 N–H and O–H groups in total. The summed E-state index contributed by atoms with van der Waals surface area (Å²) >= 11 is 1.34. The molecule has 2 amide bonds. The number of rotatable bonds is 4. The number of anilines is 1. The van der Waals surface area contributed by atoms with Gasteiger partial charge in [0.1, 0.15) is 5.60 Å². The fourth-order valence-corrected chi connectivity index (χ4v) is 2.05. The Morgan fingerprint density at radius 3 is 2.63 bits per heavy atom. The van der Waals surface area contributed by atoms with Gasteiger partial charge in [-0.2, -0.15) is 0 Å². The molecule has 1 aromatic rings. The van der Waals surface area contributed by atoms with Crippen molar-refractivity contribution < 1.29 is 14.3 Å². The number of carbonyl (C=O) groups excluding carboxylic acids is 2. The number of hydrogen-bond acceptors (Lipinski definition) is 4. The van der Waals surface area contributed by atoms with Crippen LogP contribution in [-0.4, -0.2) is 23.4 Å². The van der Waals surface area contributed by atoms with Crippen LogP contribution in [0.5, 0.6) is 0 Å². The number of benzene rings is 1. The zero-order valence-electron chi connectivity index (χ0n) is 11.2. The van der Waals surface area contributed by atoms with Gasteiger partial charge in [0.2, 0.25) is 0 Å². The van der Waals surface area contributed by atoms with E-state index in [2.05, 4.69) is 5.32 Å². The number of nitrogens with two attached hydrogens (primary N) is 1. The molecule has 0 fully saturated rings. The monoisotopic (exact) mass is 282 g/mol. The second kappa shape index (κ2) is 6.47. The smallest absolute Gasteiger partial charge is 0.316 e. The van der Waals surface area contributed by atoms with Gasteiger partial charge >= 0.3 is 12.0 Å². The molecule has 0 heterocycles. The fourth-order valence-electron chi connectivity index (χ4n) is 1.32. The number of urea groups is 1. The Morgan fingerprint density at radius 1 is 1.37 bits per heavy atom. The molecule has 1 aromatic carbocycles. The Labute approximate surface area is 116 Å². The van der Waals surface area contributed by atoms with Crippen LogP contribution in [-0.2, 0) is 9.53 Å². The molecule has 0 aromatic heterocycles. The van der Waals surface area contributed by atoms with Crippen LogP contribution in [0.25, 0.3) is 0 Å². The molecule has 0 saturated carbocycles. The lowest BCUT2D eigenvalue weighted by Gasteiger charge is -2.19. The normalized spacial score (nSPS) is 10.9. The van der Waals surface area contributed by atoms with Gasteiger partial charge in [-0.05, 0) is 39.0 Å². The van der Waals surface area contributed by atoms with Crippen LogP contribution in [0, 0.1) is 0 Å². The Balaban J connectivity index is 2.53. The van der Waals surface area contributed by atoms with Crippen molar-refractivity contribution in [2.75, 3.05) is 11.1 Å². The fraction of sp³-hybridized carbons (Fsp3) is 0.385. The highest BCUT2D eigenvalue weighted by molar-refractivity contribution is 8.00. The van der Waals surface area contributed by atoms with Crippen molar-refractivity contribution in [3.8, 4) is 0 Å². The molecule has 1 rings (SSSR count). The molecule has 0 saturated heterocycles. The van der Waals surface area contributed by atoms with Crippen molar-refractivity contribution in [2.24, 2.45) is 5.73 Å². The summed E-state index contributed by atoms with van der Waals surface area (Å²) in [5.41, 5.74) is 5.15. The van der Waals surface area contributed by atoms with Gasteiger partial charge in [-0.15, -0.1) is 11.8 Å². The molecule has 0 bridgehead atoms. The minimum Gasteiger partial charge on any atom is -0.459 e. The van der Waals surface area contributed by atoms with Gasteiger partial charge in [0.25, 0.3) is 0 Å². The number of carbonyl (C=O) groups is 2. The summed E-state index contributed by atoms with van der Waals surface area (Å²) in [4.78, 5) is 23.2. The molecule has 6 heteroatoms. The molecule has 104 valence electrons. The number of nitrogens with one attached hydrogen (secondary N) is 1. The van der Waals surface area contributed by atoms with E-state index in [0.717, 1.165) is 4.90 Å². The molecular weight excluding hydrogens is 264 g/mol. The third kappa shape index (κ3) is 6.71. The van der Waals surface area contributed by atoms with Gasteiger partial charge in [-0.25, -0.2) is 4.79 Å². The quantitative estimate of drug-likeness (QED) is 0.657. The third-order valence-corrected chi connectivity index (χ3v) is 2.85. The Morgan fingerprint density at radius 2 is 2.05 bits per heavy atom. The summed E-state index contributed by atoms with van der Waals surface area (Å²) in [5.74, 6) is -0.0529. The summed E-state index contributed by atoms with van der Waals surface area (Å²) < 4.78 is 5.20. The Kier molecular flexibility index (Phi) is 5.23. The van der Waals surface area contributed by atoms with Crippen LogP contribution in [0.4, 0.5) is 10.5 Å². The van der Waals surface area contributed by atoms with E-state index in [1.165, 1.54) is 11.8 Å². The van der Waals surface area contributed by atoms with Gasteiger partial charge < -0.3 is 15.8 Å². The maximum Gasteiger partial charge on any atom is 0.316 e. The highest BCUT2D eigenvalue weighted by Crippen LogP contribution is 2.22. The summed E-state index contributed by atoms with van der Waals surface area (Å²) in [7, 11) is 0. The minimum absolute atomic E-state index is 0.220. The van der Waals surface area contributed by atoms with Crippen LogP contribution in [0.2, 0.25) is 0 Å². The highest BCUT2D eigenvalue weighted by atomic mass is 32.2. The van der Waals surface area contributed by atoms with Crippen molar-refractivity contribution >= 4 is 29.4 Å².